The van der Waals surface area contributed by atoms with E-state index < -0.39 is 6.43 Å². The summed E-state index contributed by atoms with van der Waals surface area (Å²) in [6.45, 7) is 0.206. The Hall–Kier alpha value is -0.480. The van der Waals surface area contributed by atoms with E-state index in [0.717, 1.165) is 0 Å². The van der Waals surface area contributed by atoms with Gasteiger partial charge in [0, 0.05) is 17.0 Å². The zero-order valence-electron chi connectivity index (χ0n) is 5.18. The van der Waals surface area contributed by atoms with Gasteiger partial charge in [0.15, 0.2) is 0 Å². The van der Waals surface area contributed by atoms with E-state index in [1.165, 1.54) is 17.4 Å². The first kappa shape index (κ1) is 7.63. The van der Waals surface area contributed by atoms with Crippen LogP contribution >= 0.6 is 11.3 Å². The van der Waals surface area contributed by atoms with Gasteiger partial charge in [-0.25, -0.2) is 8.78 Å². The van der Waals surface area contributed by atoms with Crippen LogP contribution in [0.5, 0.6) is 0 Å². The number of thiophene rings is 1. The maximum Gasteiger partial charge on any atom is 0.264 e. The summed E-state index contributed by atoms with van der Waals surface area (Å²) in [5.74, 6) is 0. The molecule has 0 aliphatic heterocycles. The van der Waals surface area contributed by atoms with E-state index in [1.54, 1.807) is 5.38 Å². The fraction of sp³-hybridized carbons (Fsp3) is 0.333. The lowest BCUT2D eigenvalue weighted by Crippen LogP contribution is -1.96. The third-order valence-corrected chi connectivity index (χ3v) is 2.16. The molecule has 1 heterocycles. The molecule has 1 aromatic rings. The predicted molar refractivity (Wildman–Crippen MR) is 37.2 cm³/mol. The average Bonchev–Trinajstić information content (AvgIpc) is 2.33. The molecule has 2 N–H and O–H groups in total. The highest BCUT2D eigenvalue weighted by molar-refractivity contribution is 7.10. The molecule has 0 saturated carbocycles. The van der Waals surface area contributed by atoms with Crippen molar-refractivity contribution in [1.29, 1.82) is 0 Å². The first-order chi connectivity index (χ1) is 4.75. The SMILES string of the molecule is NCc1sccc1C(F)F. The number of hydrogen-bond donors (Lipinski definition) is 1. The third-order valence-electron chi connectivity index (χ3n) is 1.20. The molecule has 0 amide bonds. The summed E-state index contributed by atoms with van der Waals surface area (Å²) in [6, 6.07) is 1.41. The summed E-state index contributed by atoms with van der Waals surface area (Å²) in [5.41, 5.74) is 5.29. The minimum Gasteiger partial charge on any atom is -0.326 e. The molecule has 0 spiro atoms. The molecular formula is C6H7F2NS. The molecule has 10 heavy (non-hydrogen) atoms. The van der Waals surface area contributed by atoms with Gasteiger partial charge in [0.1, 0.15) is 0 Å². The molecule has 0 aliphatic carbocycles. The molecule has 0 fully saturated rings. The molecule has 1 nitrogen and oxygen atoms in total. The molecule has 0 aromatic carbocycles. The van der Waals surface area contributed by atoms with Crippen LogP contribution in [0.2, 0.25) is 0 Å². The first-order valence-corrected chi connectivity index (χ1v) is 3.68. The molecule has 56 valence electrons. The Morgan fingerprint density at radius 1 is 1.60 bits per heavy atom. The number of nitrogens with two attached hydrogens (primary N) is 1. The van der Waals surface area contributed by atoms with Gasteiger partial charge in [-0.05, 0) is 11.4 Å². The highest BCUT2D eigenvalue weighted by Crippen LogP contribution is 2.26. The van der Waals surface area contributed by atoms with E-state index in [-0.39, 0.29) is 12.1 Å². The van der Waals surface area contributed by atoms with Crippen molar-refractivity contribution in [2.24, 2.45) is 5.73 Å². The van der Waals surface area contributed by atoms with Gasteiger partial charge in [0.05, 0.1) is 0 Å². The Morgan fingerprint density at radius 2 is 2.30 bits per heavy atom. The van der Waals surface area contributed by atoms with Crippen LogP contribution < -0.4 is 5.73 Å². The maximum atomic E-state index is 12.0. The number of alkyl halides is 2. The van der Waals surface area contributed by atoms with E-state index in [0.29, 0.717) is 4.88 Å². The molecule has 1 aromatic heterocycles. The average molecular weight is 163 g/mol. The Bertz CT molecular complexity index is 209. The molecule has 0 bridgehead atoms. The second kappa shape index (κ2) is 3.07. The van der Waals surface area contributed by atoms with Gasteiger partial charge in [-0.1, -0.05) is 0 Å². The van der Waals surface area contributed by atoms with Crippen molar-refractivity contribution in [1.82, 2.24) is 0 Å². The summed E-state index contributed by atoms with van der Waals surface area (Å²) in [4.78, 5) is 0.579. The van der Waals surface area contributed by atoms with Gasteiger partial charge in [0.25, 0.3) is 6.43 Å². The summed E-state index contributed by atoms with van der Waals surface area (Å²) >= 11 is 1.27. The minimum atomic E-state index is -2.38. The zero-order chi connectivity index (χ0) is 7.56. The van der Waals surface area contributed by atoms with Crippen molar-refractivity contribution < 1.29 is 8.78 Å². The fourth-order valence-corrected chi connectivity index (χ4v) is 1.48. The quantitative estimate of drug-likeness (QED) is 0.710. The Kier molecular flexibility index (Phi) is 2.34. The largest absolute Gasteiger partial charge is 0.326 e. The lowest BCUT2D eigenvalue weighted by atomic mass is 10.3. The molecule has 0 saturated heterocycles. The van der Waals surface area contributed by atoms with Crippen molar-refractivity contribution in [3.63, 3.8) is 0 Å². The van der Waals surface area contributed by atoms with Crippen LogP contribution in [0.15, 0.2) is 11.4 Å². The standard InChI is InChI=1S/C6H7F2NS/c7-6(8)4-1-2-10-5(4)3-9/h1-2,6H,3,9H2. The summed E-state index contributed by atoms with van der Waals surface area (Å²) in [6.07, 6.45) is -2.38. The molecular weight excluding hydrogens is 156 g/mol. The summed E-state index contributed by atoms with van der Waals surface area (Å²) in [7, 11) is 0. The van der Waals surface area contributed by atoms with Crippen molar-refractivity contribution in [3.8, 4) is 0 Å². The van der Waals surface area contributed by atoms with Crippen molar-refractivity contribution in [2.45, 2.75) is 13.0 Å². The van der Waals surface area contributed by atoms with Crippen LogP contribution in [0, 0.1) is 0 Å². The zero-order valence-corrected chi connectivity index (χ0v) is 6.00. The van der Waals surface area contributed by atoms with Crippen LogP contribution in [0.25, 0.3) is 0 Å². The molecule has 0 radical (unpaired) electrons. The second-order valence-electron chi connectivity index (χ2n) is 1.80. The van der Waals surface area contributed by atoms with Gasteiger partial charge in [-0.15, -0.1) is 11.3 Å². The minimum absolute atomic E-state index is 0.0764. The number of rotatable bonds is 2. The summed E-state index contributed by atoms with van der Waals surface area (Å²) < 4.78 is 24.0. The molecule has 4 heteroatoms. The van der Waals surface area contributed by atoms with Gasteiger partial charge < -0.3 is 5.73 Å². The van der Waals surface area contributed by atoms with Crippen LogP contribution in [0.4, 0.5) is 8.78 Å². The maximum absolute atomic E-state index is 12.0. The van der Waals surface area contributed by atoms with Crippen LogP contribution in [-0.2, 0) is 6.54 Å². The molecule has 0 atom stereocenters. The van der Waals surface area contributed by atoms with E-state index >= 15 is 0 Å². The second-order valence-corrected chi connectivity index (χ2v) is 2.80. The van der Waals surface area contributed by atoms with Gasteiger partial charge in [-0.3, -0.25) is 0 Å². The monoisotopic (exact) mass is 163 g/mol. The predicted octanol–water partition coefficient (Wildman–Crippen LogP) is 2.14. The van der Waals surface area contributed by atoms with Crippen LogP contribution in [0.1, 0.15) is 16.9 Å². The number of hydrogen-bond acceptors (Lipinski definition) is 2. The molecule has 0 aliphatic rings. The molecule has 0 unspecified atom stereocenters. The highest BCUT2D eigenvalue weighted by Gasteiger charge is 2.11. The van der Waals surface area contributed by atoms with E-state index in [4.69, 9.17) is 5.73 Å². The first-order valence-electron chi connectivity index (χ1n) is 2.80. The van der Waals surface area contributed by atoms with Gasteiger partial charge >= 0.3 is 0 Å². The smallest absolute Gasteiger partial charge is 0.264 e. The van der Waals surface area contributed by atoms with E-state index in [1.807, 2.05) is 0 Å². The van der Waals surface area contributed by atoms with Crippen LogP contribution in [0.3, 0.4) is 0 Å². The lowest BCUT2D eigenvalue weighted by molar-refractivity contribution is 0.151. The fourth-order valence-electron chi connectivity index (χ4n) is 0.711. The third kappa shape index (κ3) is 1.33. The van der Waals surface area contributed by atoms with Crippen LogP contribution in [-0.4, -0.2) is 0 Å². The highest BCUT2D eigenvalue weighted by atomic mass is 32.1. The van der Waals surface area contributed by atoms with E-state index in [9.17, 15) is 8.78 Å². The lowest BCUT2D eigenvalue weighted by Gasteiger charge is -1.96. The van der Waals surface area contributed by atoms with E-state index in [2.05, 4.69) is 0 Å². The molecule has 1 rings (SSSR count). The number of halogens is 2. The van der Waals surface area contributed by atoms with Gasteiger partial charge in [0.2, 0.25) is 0 Å². The Balaban J connectivity index is 2.90. The normalized spacial score (nSPS) is 10.8. The Morgan fingerprint density at radius 3 is 2.70 bits per heavy atom. The summed E-state index contributed by atoms with van der Waals surface area (Å²) in [5, 5.41) is 1.63. The Labute approximate surface area is 61.5 Å². The van der Waals surface area contributed by atoms with Crippen molar-refractivity contribution in [3.05, 3.63) is 21.9 Å². The van der Waals surface area contributed by atoms with Crippen molar-refractivity contribution >= 4 is 11.3 Å². The topological polar surface area (TPSA) is 26.0 Å². The van der Waals surface area contributed by atoms with Crippen molar-refractivity contribution in [2.75, 3.05) is 0 Å². The van der Waals surface area contributed by atoms with Gasteiger partial charge in [-0.2, -0.15) is 0 Å².